The summed E-state index contributed by atoms with van der Waals surface area (Å²) in [6.45, 7) is 0.514. The Balaban J connectivity index is 1.69. The van der Waals surface area contributed by atoms with Crippen LogP contribution in [0.3, 0.4) is 0 Å². The zero-order valence-electron chi connectivity index (χ0n) is 12.3. The first kappa shape index (κ1) is 15.5. The first-order valence-electron chi connectivity index (χ1n) is 7.68. The molecular weight excluding hydrogens is 266 g/mol. The number of rotatable bonds is 6. The molecule has 114 valence electrons. The van der Waals surface area contributed by atoms with E-state index >= 15 is 0 Å². The number of aryl methyl sites for hydroxylation is 1. The summed E-state index contributed by atoms with van der Waals surface area (Å²) in [5.74, 6) is 0.928. The van der Waals surface area contributed by atoms with E-state index in [4.69, 9.17) is 5.11 Å². The zero-order valence-corrected chi connectivity index (χ0v) is 12.3. The third-order valence-corrected chi connectivity index (χ3v) is 4.35. The second kappa shape index (κ2) is 7.81. The highest BCUT2D eigenvalue weighted by Crippen LogP contribution is 2.30. The van der Waals surface area contributed by atoms with Gasteiger partial charge in [-0.2, -0.15) is 0 Å². The van der Waals surface area contributed by atoms with Crippen LogP contribution in [0.15, 0.2) is 30.3 Å². The van der Waals surface area contributed by atoms with E-state index in [1.165, 1.54) is 5.56 Å². The van der Waals surface area contributed by atoms with Gasteiger partial charge in [0.1, 0.15) is 5.78 Å². The highest BCUT2D eigenvalue weighted by Gasteiger charge is 2.25. The minimum absolute atomic E-state index is 0.176. The predicted molar refractivity (Wildman–Crippen MR) is 81.2 cm³/mol. The summed E-state index contributed by atoms with van der Waals surface area (Å²) in [6.07, 6.45) is 4.17. The van der Waals surface area contributed by atoms with Crippen molar-refractivity contribution in [1.29, 1.82) is 0 Å². The van der Waals surface area contributed by atoms with E-state index < -0.39 is 6.09 Å². The highest BCUT2D eigenvalue weighted by atomic mass is 16.4. The second-order valence-corrected chi connectivity index (χ2v) is 5.86. The van der Waals surface area contributed by atoms with E-state index in [-0.39, 0.29) is 5.92 Å². The quantitative estimate of drug-likeness (QED) is 0.844. The summed E-state index contributed by atoms with van der Waals surface area (Å²) < 4.78 is 0. The molecule has 0 radical (unpaired) electrons. The van der Waals surface area contributed by atoms with Gasteiger partial charge in [-0.1, -0.05) is 30.3 Å². The van der Waals surface area contributed by atoms with Gasteiger partial charge in [0.2, 0.25) is 0 Å². The Morgan fingerprint density at radius 2 is 1.76 bits per heavy atom. The number of Topliss-reactive ketones (excluding diaryl/α,β-unsaturated/α-hetero) is 1. The SMILES string of the molecule is O=C(O)NCC1CCC(C(=O)CCc2ccccc2)CC1. The van der Waals surface area contributed by atoms with Gasteiger partial charge in [-0.3, -0.25) is 4.79 Å². The fourth-order valence-corrected chi connectivity index (χ4v) is 3.04. The Morgan fingerprint density at radius 3 is 2.38 bits per heavy atom. The van der Waals surface area contributed by atoms with Crippen molar-refractivity contribution in [2.24, 2.45) is 11.8 Å². The van der Waals surface area contributed by atoms with E-state index in [9.17, 15) is 9.59 Å². The highest BCUT2D eigenvalue weighted by molar-refractivity contribution is 5.81. The van der Waals surface area contributed by atoms with E-state index in [1.807, 2.05) is 18.2 Å². The van der Waals surface area contributed by atoms with Gasteiger partial charge in [-0.25, -0.2) is 4.79 Å². The first-order valence-corrected chi connectivity index (χ1v) is 7.68. The number of amides is 1. The van der Waals surface area contributed by atoms with Crippen molar-refractivity contribution in [3.63, 3.8) is 0 Å². The maximum atomic E-state index is 12.2. The van der Waals surface area contributed by atoms with Crippen LogP contribution in [0.2, 0.25) is 0 Å². The van der Waals surface area contributed by atoms with E-state index in [0.29, 0.717) is 24.7 Å². The second-order valence-electron chi connectivity index (χ2n) is 5.86. The van der Waals surface area contributed by atoms with Crippen LogP contribution in [0.5, 0.6) is 0 Å². The van der Waals surface area contributed by atoms with Gasteiger partial charge in [0.25, 0.3) is 0 Å². The van der Waals surface area contributed by atoms with Crippen molar-refractivity contribution >= 4 is 11.9 Å². The summed E-state index contributed by atoms with van der Waals surface area (Å²) in [6, 6.07) is 10.1. The molecule has 1 fully saturated rings. The molecular formula is C17H23NO3. The zero-order chi connectivity index (χ0) is 15.1. The minimum atomic E-state index is -0.962. The Bertz CT molecular complexity index is 464. The van der Waals surface area contributed by atoms with Crippen LogP contribution in [-0.4, -0.2) is 23.5 Å². The lowest BCUT2D eigenvalue weighted by Gasteiger charge is -2.27. The van der Waals surface area contributed by atoms with Crippen LogP contribution in [0.25, 0.3) is 0 Å². The van der Waals surface area contributed by atoms with Crippen molar-refractivity contribution in [3.8, 4) is 0 Å². The Hall–Kier alpha value is -1.84. The summed E-state index contributed by atoms with van der Waals surface area (Å²) in [4.78, 5) is 22.7. The van der Waals surface area contributed by atoms with Gasteiger partial charge in [-0.15, -0.1) is 0 Å². The fourth-order valence-electron chi connectivity index (χ4n) is 3.04. The van der Waals surface area contributed by atoms with Crippen LogP contribution in [-0.2, 0) is 11.2 Å². The van der Waals surface area contributed by atoms with Gasteiger partial charge in [0.15, 0.2) is 0 Å². The molecule has 4 nitrogen and oxygen atoms in total. The third kappa shape index (κ3) is 5.21. The summed E-state index contributed by atoms with van der Waals surface area (Å²) in [5, 5.41) is 11.0. The lowest BCUT2D eigenvalue weighted by atomic mass is 9.79. The molecule has 0 bridgehead atoms. The van der Waals surface area contributed by atoms with Crippen LogP contribution in [0.1, 0.15) is 37.7 Å². The molecule has 0 saturated heterocycles. The maximum Gasteiger partial charge on any atom is 0.404 e. The maximum absolute atomic E-state index is 12.2. The van der Waals surface area contributed by atoms with Crippen molar-refractivity contribution in [2.75, 3.05) is 6.54 Å². The number of carbonyl (C=O) groups excluding carboxylic acids is 1. The summed E-state index contributed by atoms with van der Waals surface area (Å²) in [5.41, 5.74) is 1.21. The molecule has 1 amide bonds. The van der Waals surface area contributed by atoms with Gasteiger partial charge in [0.05, 0.1) is 0 Å². The van der Waals surface area contributed by atoms with E-state index in [2.05, 4.69) is 17.4 Å². The Morgan fingerprint density at radius 1 is 1.10 bits per heavy atom. The number of benzene rings is 1. The normalized spacial score (nSPS) is 21.7. The monoisotopic (exact) mass is 289 g/mol. The molecule has 0 unspecified atom stereocenters. The molecule has 0 aliphatic heterocycles. The fraction of sp³-hybridized carbons (Fsp3) is 0.529. The summed E-state index contributed by atoms with van der Waals surface area (Å²) >= 11 is 0. The number of ketones is 1. The first-order chi connectivity index (χ1) is 10.1. The Labute approximate surface area is 125 Å². The molecule has 2 N–H and O–H groups in total. The summed E-state index contributed by atoms with van der Waals surface area (Å²) in [7, 11) is 0. The van der Waals surface area contributed by atoms with Crippen LogP contribution >= 0.6 is 0 Å². The molecule has 0 atom stereocenters. The van der Waals surface area contributed by atoms with Gasteiger partial charge in [-0.05, 0) is 43.6 Å². The topological polar surface area (TPSA) is 66.4 Å². The molecule has 0 aromatic heterocycles. The van der Waals surface area contributed by atoms with Crippen LogP contribution in [0.4, 0.5) is 4.79 Å². The molecule has 1 aromatic carbocycles. The standard InChI is InChI=1S/C17H23NO3/c19-16(11-8-13-4-2-1-3-5-13)15-9-6-14(7-10-15)12-18-17(20)21/h1-5,14-15,18H,6-12H2,(H,20,21). The molecule has 2 rings (SSSR count). The van der Waals surface area contributed by atoms with Crippen molar-refractivity contribution in [3.05, 3.63) is 35.9 Å². The molecule has 1 saturated carbocycles. The van der Waals surface area contributed by atoms with Crippen LogP contribution < -0.4 is 5.32 Å². The molecule has 1 aliphatic carbocycles. The largest absolute Gasteiger partial charge is 0.465 e. The number of nitrogens with one attached hydrogen (secondary N) is 1. The lowest BCUT2D eigenvalue weighted by Crippen LogP contribution is -2.31. The van der Waals surface area contributed by atoms with E-state index in [1.54, 1.807) is 0 Å². The molecule has 0 spiro atoms. The minimum Gasteiger partial charge on any atom is -0.465 e. The molecule has 1 aliphatic rings. The van der Waals surface area contributed by atoms with Crippen molar-refractivity contribution < 1.29 is 14.7 Å². The Kier molecular flexibility index (Phi) is 5.78. The van der Waals surface area contributed by atoms with Crippen molar-refractivity contribution in [2.45, 2.75) is 38.5 Å². The molecule has 1 aromatic rings. The molecule has 0 heterocycles. The molecule has 4 heteroatoms. The van der Waals surface area contributed by atoms with Gasteiger partial charge in [0, 0.05) is 18.9 Å². The average Bonchev–Trinajstić information content (AvgIpc) is 2.52. The van der Waals surface area contributed by atoms with Crippen LogP contribution in [0, 0.1) is 11.8 Å². The molecule has 21 heavy (non-hydrogen) atoms. The van der Waals surface area contributed by atoms with Gasteiger partial charge < -0.3 is 10.4 Å². The van der Waals surface area contributed by atoms with E-state index in [0.717, 1.165) is 32.1 Å². The average molecular weight is 289 g/mol. The van der Waals surface area contributed by atoms with Crippen molar-refractivity contribution in [1.82, 2.24) is 5.32 Å². The predicted octanol–water partition coefficient (Wildman–Crippen LogP) is 3.26. The number of carbonyl (C=O) groups is 2. The lowest BCUT2D eigenvalue weighted by molar-refractivity contribution is -0.124. The number of hydrogen-bond donors (Lipinski definition) is 2. The van der Waals surface area contributed by atoms with Gasteiger partial charge >= 0.3 is 6.09 Å². The third-order valence-electron chi connectivity index (χ3n) is 4.35. The smallest absolute Gasteiger partial charge is 0.404 e. The number of carboxylic acid groups (broad SMARTS) is 1. The number of hydrogen-bond acceptors (Lipinski definition) is 2.